The lowest BCUT2D eigenvalue weighted by Gasteiger charge is -2.37. The number of carbonyl (C=O) groups is 8. The molecule has 0 bridgehead atoms. The van der Waals surface area contributed by atoms with Crippen LogP contribution in [0.2, 0.25) is 0 Å². The number of Topliss-reactive ketones (excluding diaryl/α,β-unsaturated/α-hetero) is 1. The number of likely N-dealkylation sites (tertiary alicyclic amines) is 1. The number of nitrogens with zero attached hydrogens (tertiary/aromatic N) is 3. The first-order valence-corrected chi connectivity index (χ1v) is 18.1. The van der Waals surface area contributed by atoms with Gasteiger partial charge in [0, 0.05) is 24.9 Å². The number of urea groups is 1. The van der Waals surface area contributed by atoms with Gasteiger partial charge in [-0.3, -0.25) is 43.9 Å². The molecule has 2 saturated heterocycles. The van der Waals surface area contributed by atoms with E-state index in [1.807, 2.05) is 0 Å². The van der Waals surface area contributed by atoms with Crippen molar-refractivity contribution in [3.8, 4) is 0 Å². The number of amides is 8. The van der Waals surface area contributed by atoms with E-state index in [0.717, 1.165) is 37.0 Å². The molecule has 3 heterocycles. The van der Waals surface area contributed by atoms with E-state index >= 15 is 0 Å². The first kappa shape index (κ1) is 38.3. The zero-order valence-corrected chi connectivity index (χ0v) is 30.1. The highest BCUT2D eigenvalue weighted by Gasteiger charge is 2.58. The predicted octanol–water partition coefficient (Wildman–Crippen LogP) is -0.00210. The molecule has 2 aliphatic heterocycles. The molecule has 4 fully saturated rings. The number of carbonyl (C=O) groups excluding carboxylic acids is 8. The maximum atomic E-state index is 14.6. The number of aromatic nitrogens is 2. The molecule has 1 aromatic heterocycles. The number of ketones is 1. The Bertz CT molecular complexity index is 1590. The van der Waals surface area contributed by atoms with Gasteiger partial charge in [-0.25, -0.2) is 9.78 Å². The maximum Gasteiger partial charge on any atom is 0.322 e. The second-order valence-corrected chi connectivity index (χ2v) is 15.4. The van der Waals surface area contributed by atoms with Gasteiger partial charge >= 0.3 is 6.03 Å². The fourth-order valence-corrected chi connectivity index (χ4v) is 7.17. The van der Waals surface area contributed by atoms with E-state index < -0.39 is 88.9 Å². The van der Waals surface area contributed by atoms with E-state index in [9.17, 15) is 38.4 Å². The average molecular weight is 724 g/mol. The summed E-state index contributed by atoms with van der Waals surface area (Å²) in [5.41, 5.74) is -2.57. The van der Waals surface area contributed by atoms with Crippen LogP contribution in [0, 0.1) is 11.3 Å². The van der Waals surface area contributed by atoms with Gasteiger partial charge in [-0.2, -0.15) is 0 Å². The van der Waals surface area contributed by atoms with Crippen molar-refractivity contribution < 1.29 is 38.4 Å². The zero-order valence-electron chi connectivity index (χ0n) is 30.1. The molecule has 4 aliphatic rings. The van der Waals surface area contributed by atoms with Crippen molar-refractivity contribution in [1.82, 2.24) is 46.8 Å². The highest BCUT2D eigenvalue weighted by Crippen LogP contribution is 2.34. The molecule has 52 heavy (non-hydrogen) atoms. The fourth-order valence-electron chi connectivity index (χ4n) is 7.17. The molecule has 8 amide bonds. The van der Waals surface area contributed by atoms with Crippen LogP contribution in [0.4, 0.5) is 4.79 Å². The summed E-state index contributed by atoms with van der Waals surface area (Å²) in [5, 5.41) is 15.7. The highest BCUT2D eigenvalue weighted by molar-refractivity contribution is 6.38. The summed E-state index contributed by atoms with van der Waals surface area (Å²) < 4.78 is 0. The minimum absolute atomic E-state index is 0.0255. The van der Waals surface area contributed by atoms with Crippen molar-refractivity contribution in [3.05, 3.63) is 24.3 Å². The van der Waals surface area contributed by atoms with Crippen LogP contribution < -0.4 is 31.9 Å². The third kappa shape index (κ3) is 8.73. The summed E-state index contributed by atoms with van der Waals surface area (Å²) in [6.07, 6.45) is 9.96. The predicted molar refractivity (Wildman–Crippen MR) is 184 cm³/mol. The summed E-state index contributed by atoms with van der Waals surface area (Å²) >= 11 is 0. The zero-order chi connectivity index (χ0) is 37.8. The minimum atomic E-state index is -1.65. The lowest BCUT2D eigenvalue weighted by atomic mass is 9.82. The summed E-state index contributed by atoms with van der Waals surface area (Å²) in [7, 11) is 0. The Morgan fingerprint density at radius 3 is 2.27 bits per heavy atom. The Kier molecular flexibility index (Phi) is 11.6. The topological polar surface area (TPSA) is 238 Å². The van der Waals surface area contributed by atoms with Gasteiger partial charge in [0.05, 0.1) is 18.8 Å². The number of rotatable bonds is 13. The van der Waals surface area contributed by atoms with Gasteiger partial charge in [0.1, 0.15) is 29.4 Å². The summed E-state index contributed by atoms with van der Waals surface area (Å²) in [5.74, 6) is -5.28. The second kappa shape index (κ2) is 15.7. The molecule has 17 heteroatoms. The van der Waals surface area contributed by atoms with Crippen LogP contribution in [-0.2, 0) is 28.8 Å². The summed E-state index contributed by atoms with van der Waals surface area (Å²) in [6.45, 7) is 6.57. The van der Waals surface area contributed by atoms with Crippen LogP contribution in [0.1, 0.15) is 102 Å². The standard InChI is InChI=1S/C35H49N9O8/c1-5-9-21(25(45)30(49)38-20-12-13-20)39-28(47)23-16-35(32(51)42-33(52)43-35)18-44(23)31(50)26(34(2,3)4)41-29(48)24(19-10-7-6-8-11-19)40-27(46)22-17-36-14-15-37-22/h14-15,17,19-21,23-24,26H,5-13,16,18H2,1-4H3,(H,38,49)(H,39,47)(H,40,46)(H,41,48)(H2,42,43,51,52)/t21?,23-,24-,26+,35?/m0/s1. The molecule has 2 aliphatic carbocycles. The Morgan fingerprint density at radius 2 is 1.69 bits per heavy atom. The Balaban J connectivity index is 1.41. The maximum absolute atomic E-state index is 14.6. The fraction of sp³-hybridized carbons (Fsp3) is 0.657. The molecule has 2 saturated carbocycles. The highest BCUT2D eigenvalue weighted by atomic mass is 16.2. The monoisotopic (exact) mass is 723 g/mol. The SMILES string of the molecule is CCCC(NC(=O)[C@@H]1CC2(CN1C(=O)[C@@H](NC(=O)[C@@H](NC(=O)c1cnccn1)C1CCCCC1)C(C)(C)C)NC(=O)NC2=O)C(=O)C(=O)NC1CC1. The van der Waals surface area contributed by atoms with Crippen molar-refractivity contribution in [1.29, 1.82) is 0 Å². The molecule has 0 radical (unpaired) electrons. The minimum Gasteiger partial charge on any atom is -0.347 e. The van der Waals surface area contributed by atoms with Crippen LogP contribution in [0.15, 0.2) is 18.6 Å². The molecular formula is C35H49N9O8. The third-order valence-corrected chi connectivity index (χ3v) is 10.2. The van der Waals surface area contributed by atoms with Crippen molar-refractivity contribution >= 4 is 47.3 Å². The molecule has 1 aromatic rings. The van der Waals surface area contributed by atoms with Crippen molar-refractivity contribution in [2.24, 2.45) is 11.3 Å². The third-order valence-electron chi connectivity index (χ3n) is 10.2. The number of imide groups is 1. The molecule has 17 nitrogen and oxygen atoms in total. The quantitative estimate of drug-likeness (QED) is 0.118. The van der Waals surface area contributed by atoms with Gasteiger partial charge in [0.2, 0.25) is 23.5 Å². The van der Waals surface area contributed by atoms with E-state index in [1.165, 1.54) is 18.6 Å². The number of hydrogen-bond acceptors (Lipinski definition) is 10. The van der Waals surface area contributed by atoms with Crippen molar-refractivity contribution in [3.63, 3.8) is 0 Å². The van der Waals surface area contributed by atoms with Gasteiger partial charge in [-0.05, 0) is 43.4 Å². The number of nitrogens with one attached hydrogen (secondary N) is 6. The van der Waals surface area contributed by atoms with Crippen LogP contribution in [0.3, 0.4) is 0 Å². The molecule has 5 atom stereocenters. The van der Waals surface area contributed by atoms with Crippen LogP contribution in [0.5, 0.6) is 0 Å². The van der Waals surface area contributed by atoms with E-state index in [4.69, 9.17) is 0 Å². The van der Waals surface area contributed by atoms with Crippen LogP contribution in [-0.4, -0.2) is 104 Å². The lowest BCUT2D eigenvalue weighted by molar-refractivity contribution is -0.145. The van der Waals surface area contributed by atoms with Crippen LogP contribution in [0.25, 0.3) is 0 Å². The van der Waals surface area contributed by atoms with E-state index in [0.29, 0.717) is 19.3 Å². The molecular weight excluding hydrogens is 674 g/mol. The van der Waals surface area contributed by atoms with Gasteiger partial charge in [-0.1, -0.05) is 53.4 Å². The summed E-state index contributed by atoms with van der Waals surface area (Å²) in [6, 6.07) is -5.69. The van der Waals surface area contributed by atoms with Gasteiger partial charge in [-0.15, -0.1) is 0 Å². The molecule has 1 spiro atoms. The van der Waals surface area contributed by atoms with E-state index in [1.54, 1.807) is 27.7 Å². The second-order valence-electron chi connectivity index (χ2n) is 15.4. The van der Waals surface area contributed by atoms with E-state index in [-0.39, 0.29) is 30.5 Å². The lowest BCUT2D eigenvalue weighted by Crippen LogP contribution is -2.62. The molecule has 5 rings (SSSR count). The molecule has 2 unspecified atom stereocenters. The van der Waals surface area contributed by atoms with Gasteiger partial charge in [0.15, 0.2) is 0 Å². The Morgan fingerprint density at radius 1 is 0.981 bits per heavy atom. The Labute approximate surface area is 302 Å². The average Bonchev–Trinajstić information content (AvgIpc) is 3.77. The molecule has 0 aromatic carbocycles. The normalized spacial score (nSPS) is 23.5. The Hall–Kier alpha value is -4.96. The van der Waals surface area contributed by atoms with Crippen LogP contribution >= 0.6 is 0 Å². The van der Waals surface area contributed by atoms with Crippen molar-refractivity contribution in [2.45, 2.75) is 128 Å². The first-order chi connectivity index (χ1) is 24.6. The molecule has 6 N–H and O–H groups in total. The first-order valence-electron chi connectivity index (χ1n) is 18.1. The van der Waals surface area contributed by atoms with E-state index in [2.05, 4.69) is 41.9 Å². The largest absolute Gasteiger partial charge is 0.347 e. The van der Waals surface area contributed by atoms with Crippen molar-refractivity contribution in [2.75, 3.05) is 6.54 Å². The smallest absolute Gasteiger partial charge is 0.322 e. The van der Waals surface area contributed by atoms with Gasteiger partial charge < -0.3 is 31.5 Å². The van der Waals surface area contributed by atoms with Gasteiger partial charge in [0.25, 0.3) is 17.7 Å². The molecule has 282 valence electrons. The summed E-state index contributed by atoms with van der Waals surface area (Å²) in [4.78, 5) is 116. The number of hydrogen-bond donors (Lipinski definition) is 6.